The van der Waals surface area contributed by atoms with Crippen LogP contribution in [0.3, 0.4) is 0 Å². The molecule has 4 aromatic carbocycles. The Balaban J connectivity index is 1.05. The van der Waals surface area contributed by atoms with Gasteiger partial charge < -0.3 is 19.5 Å². The van der Waals surface area contributed by atoms with Crippen LogP contribution >= 0.6 is 0 Å². The summed E-state index contributed by atoms with van der Waals surface area (Å²) in [5.41, 5.74) is 7.81. The molecule has 1 atom stereocenters. The average Bonchev–Trinajstić information content (AvgIpc) is 3.39. The molecule has 4 aromatic rings. The fourth-order valence-electron chi connectivity index (χ4n) is 6.38. The zero-order chi connectivity index (χ0) is 30.3. The van der Waals surface area contributed by atoms with Crippen molar-refractivity contribution in [2.75, 3.05) is 6.61 Å². The van der Waals surface area contributed by atoms with Crippen molar-refractivity contribution >= 4 is 12.1 Å². The molecule has 0 spiro atoms. The number of amides is 1. The van der Waals surface area contributed by atoms with Crippen LogP contribution in [0.15, 0.2) is 97.1 Å². The van der Waals surface area contributed by atoms with Crippen molar-refractivity contribution in [2.24, 2.45) is 5.92 Å². The van der Waals surface area contributed by atoms with Crippen LogP contribution in [0.5, 0.6) is 5.75 Å². The number of ether oxygens (including phenoxy) is 3. The van der Waals surface area contributed by atoms with Gasteiger partial charge in [-0.25, -0.2) is 9.59 Å². The highest BCUT2D eigenvalue weighted by atomic mass is 16.6. The molecule has 6 nitrogen and oxygen atoms in total. The monoisotopic (exact) mass is 589 g/mol. The second-order valence-electron chi connectivity index (χ2n) is 11.9. The van der Waals surface area contributed by atoms with Crippen LogP contribution in [0.4, 0.5) is 4.79 Å². The van der Waals surface area contributed by atoms with Crippen molar-refractivity contribution in [3.63, 3.8) is 0 Å². The van der Waals surface area contributed by atoms with Gasteiger partial charge in [-0.05, 0) is 71.2 Å². The minimum absolute atomic E-state index is 0.0225. The van der Waals surface area contributed by atoms with E-state index in [1.165, 1.54) is 16.7 Å². The molecule has 2 aliphatic rings. The minimum atomic E-state index is -0.747. The van der Waals surface area contributed by atoms with Gasteiger partial charge in [-0.3, -0.25) is 0 Å². The van der Waals surface area contributed by atoms with E-state index in [0.717, 1.165) is 60.1 Å². The molecule has 226 valence electrons. The van der Waals surface area contributed by atoms with Crippen molar-refractivity contribution < 1.29 is 23.8 Å². The lowest BCUT2D eigenvalue weighted by molar-refractivity contribution is -0.149. The molecule has 1 fully saturated rings. The first-order chi connectivity index (χ1) is 21.5. The van der Waals surface area contributed by atoms with E-state index in [1.54, 1.807) is 0 Å². The zero-order valence-corrected chi connectivity index (χ0v) is 25.2. The Hall–Kier alpha value is -4.58. The van der Waals surface area contributed by atoms with E-state index < -0.39 is 18.1 Å². The third-order valence-electron chi connectivity index (χ3n) is 8.82. The lowest BCUT2D eigenvalue weighted by atomic mass is 9.84. The molecule has 44 heavy (non-hydrogen) atoms. The van der Waals surface area contributed by atoms with Crippen LogP contribution in [0.2, 0.25) is 0 Å². The Bertz CT molecular complexity index is 1530. The van der Waals surface area contributed by atoms with Crippen LogP contribution < -0.4 is 10.1 Å². The maximum absolute atomic E-state index is 13.4. The predicted octanol–water partition coefficient (Wildman–Crippen LogP) is 8.10. The smallest absolute Gasteiger partial charge is 0.407 e. The summed E-state index contributed by atoms with van der Waals surface area (Å²) in [7, 11) is 0. The summed E-state index contributed by atoms with van der Waals surface area (Å²) in [6.07, 6.45) is 4.36. The van der Waals surface area contributed by atoms with Crippen LogP contribution in [0, 0.1) is 12.8 Å². The Morgan fingerprint density at radius 2 is 1.32 bits per heavy atom. The van der Waals surface area contributed by atoms with Gasteiger partial charge >= 0.3 is 12.1 Å². The van der Waals surface area contributed by atoms with Crippen molar-refractivity contribution in [1.29, 1.82) is 0 Å². The van der Waals surface area contributed by atoms with Crippen LogP contribution in [0.1, 0.15) is 65.8 Å². The van der Waals surface area contributed by atoms with Gasteiger partial charge in [0.2, 0.25) is 0 Å². The molecule has 6 rings (SSSR count). The van der Waals surface area contributed by atoms with Gasteiger partial charge in [0.05, 0.1) is 0 Å². The molecule has 0 unspecified atom stereocenters. The molecule has 0 bridgehead atoms. The van der Waals surface area contributed by atoms with Crippen LogP contribution in [-0.2, 0) is 27.5 Å². The Kier molecular flexibility index (Phi) is 9.25. The first-order valence-corrected chi connectivity index (χ1v) is 15.6. The molecule has 0 aliphatic heterocycles. The number of fused-ring (bicyclic) bond motifs is 3. The molecule has 1 saturated carbocycles. The molecule has 1 amide bonds. The molecule has 0 radical (unpaired) electrons. The molecule has 0 heterocycles. The number of esters is 1. The summed E-state index contributed by atoms with van der Waals surface area (Å²) in [5, 5.41) is 2.88. The topological polar surface area (TPSA) is 73.9 Å². The van der Waals surface area contributed by atoms with E-state index in [9.17, 15) is 9.59 Å². The summed E-state index contributed by atoms with van der Waals surface area (Å²) in [6.45, 7) is 2.86. The first-order valence-electron chi connectivity index (χ1n) is 15.6. The number of benzene rings is 4. The summed E-state index contributed by atoms with van der Waals surface area (Å²) >= 11 is 0. The van der Waals surface area contributed by atoms with Crippen LogP contribution in [-0.4, -0.2) is 24.7 Å². The molecular weight excluding hydrogens is 550 g/mol. The number of alkyl carbamates (subject to hydrolysis) is 1. The largest absolute Gasteiger partial charge is 0.489 e. The quantitative estimate of drug-likeness (QED) is 0.189. The van der Waals surface area contributed by atoms with Gasteiger partial charge in [0, 0.05) is 5.92 Å². The lowest BCUT2D eigenvalue weighted by Gasteiger charge is -2.29. The zero-order valence-electron chi connectivity index (χ0n) is 25.2. The summed E-state index contributed by atoms with van der Waals surface area (Å²) < 4.78 is 17.4. The standard InChI is InChI=1S/C38H39NO5/c1-26-15-17-27(18-16-26)23-42-30-21-19-28(20-22-30)24-43-37(40)36(29-9-3-2-4-10-29)39-38(41)44-25-35-33-13-7-5-11-31(33)32-12-6-8-14-34(32)35/h5-8,11-22,29,35-36H,2-4,9-10,23-25H2,1H3,(H,39,41)/t36-/m0/s1. The van der Waals surface area contributed by atoms with Crippen molar-refractivity contribution in [1.82, 2.24) is 5.32 Å². The highest BCUT2D eigenvalue weighted by Gasteiger charge is 2.34. The number of aryl methyl sites for hydroxylation is 1. The van der Waals surface area contributed by atoms with Crippen molar-refractivity contribution in [2.45, 2.75) is 64.2 Å². The fraction of sp³-hybridized carbons (Fsp3) is 0.316. The normalized spacial score (nSPS) is 15.1. The molecule has 0 aromatic heterocycles. The Labute approximate surface area is 259 Å². The van der Waals surface area contributed by atoms with E-state index in [0.29, 0.717) is 6.61 Å². The third-order valence-corrected chi connectivity index (χ3v) is 8.82. The second kappa shape index (κ2) is 13.8. The van der Waals surface area contributed by atoms with E-state index in [-0.39, 0.29) is 25.0 Å². The molecule has 2 aliphatic carbocycles. The highest BCUT2D eigenvalue weighted by molar-refractivity contribution is 5.82. The van der Waals surface area contributed by atoms with Gasteiger partial charge in [0.1, 0.15) is 31.6 Å². The Morgan fingerprint density at radius 1 is 0.727 bits per heavy atom. The van der Waals surface area contributed by atoms with Crippen molar-refractivity contribution in [3.05, 3.63) is 125 Å². The van der Waals surface area contributed by atoms with Crippen molar-refractivity contribution in [3.8, 4) is 16.9 Å². The second-order valence-corrected chi connectivity index (χ2v) is 11.9. The maximum atomic E-state index is 13.4. The molecular formula is C38H39NO5. The fourth-order valence-corrected chi connectivity index (χ4v) is 6.38. The summed E-state index contributed by atoms with van der Waals surface area (Å²) in [5.74, 6) is 0.300. The van der Waals surface area contributed by atoms with E-state index in [2.05, 4.69) is 60.8 Å². The highest BCUT2D eigenvalue weighted by Crippen LogP contribution is 2.44. The van der Waals surface area contributed by atoms with Gasteiger partial charge in [0.15, 0.2) is 0 Å². The SMILES string of the molecule is Cc1ccc(COc2ccc(COC(=O)[C@@H](NC(=O)OCC3c4ccccc4-c4ccccc43)C3CCCCC3)cc2)cc1. The van der Waals surface area contributed by atoms with E-state index in [4.69, 9.17) is 14.2 Å². The van der Waals surface area contributed by atoms with Gasteiger partial charge in [-0.1, -0.05) is 110 Å². The average molecular weight is 590 g/mol. The first kappa shape index (κ1) is 29.5. The predicted molar refractivity (Wildman–Crippen MR) is 170 cm³/mol. The number of carbonyl (C=O) groups is 2. The molecule has 0 saturated heterocycles. The van der Waals surface area contributed by atoms with E-state index in [1.807, 2.05) is 48.5 Å². The van der Waals surface area contributed by atoms with Gasteiger partial charge in [0.25, 0.3) is 0 Å². The lowest BCUT2D eigenvalue weighted by Crippen LogP contribution is -2.47. The maximum Gasteiger partial charge on any atom is 0.407 e. The number of nitrogens with one attached hydrogen (secondary N) is 1. The van der Waals surface area contributed by atoms with E-state index >= 15 is 0 Å². The number of hydrogen-bond acceptors (Lipinski definition) is 5. The summed E-state index contributed by atoms with van der Waals surface area (Å²) in [4.78, 5) is 26.5. The third kappa shape index (κ3) is 6.96. The van der Waals surface area contributed by atoms with Gasteiger partial charge in [-0.15, -0.1) is 0 Å². The molecule has 6 heteroatoms. The summed E-state index contributed by atoms with van der Waals surface area (Å²) in [6, 6.07) is 31.5. The van der Waals surface area contributed by atoms with Crippen LogP contribution in [0.25, 0.3) is 11.1 Å². The number of hydrogen-bond donors (Lipinski definition) is 1. The molecule has 1 N–H and O–H groups in total. The Morgan fingerprint density at radius 3 is 1.98 bits per heavy atom. The number of rotatable bonds is 10. The number of carbonyl (C=O) groups excluding carboxylic acids is 2. The minimum Gasteiger partial charge on any atom is -0.489 e. The van der Waals surface area contributed by atoms with Gasteiger partial charge in [-0.2, -0.15) is 0 Å².